The van der Waals surface area contributed by atoms with Gasteiger partial charge in [-0.1, -0.05) is 0 Å². The Balaban J connectivity index is 1.72. The molecule has 0 saturated carbocycles. The number of carbonyl (C=O) groups excluding carboxylic acids is 3. The molecule has 0 aliphatic carbocycles. The van der Waals surface area contributed by atoms with Gasteiger partial charge in [0, 0.05) is 24.3 Å². The number of thiophene rings is 1. The van der Waals surface area contributed by atoms with Crippen LogP contribution in [0.3, 0.4) is 0 Å². The SMILES string of the molecule is CCOC(=O)c1sc(NC(=S)Nc2ccc(C(=O)N3CCOCC3)cc2)c(C(=O)OCC)c1C. The van der Waals surface area contributed by atoms with E-state index in [1.54, 1.807) is 49.9 Å². The molecule has 1 aromatic heterocycles. The zero-order valence-corrected chi connectivity index (χ0v) is 20.9. The molecule has 1 fully saturated rings. The fourth-order valence-electron chi connectivity index (χ4n) is 3.35. The Morgan fingerprint density at radius 1 is 1.03 bits per heavy atom. The normalized spacial score (nSPS) is 13.2. The number of esters is 2. The van der Waals surface area contributed by atoms with E-state index < -0.39 is 11.9 Å². The highest BCUT2D eigenvalue weighted by atomic mass is 32.1. The van der Waals surface area contributed by atoms with E-state index in [-0.39, 0.29) is 29.8 Å². The number of benzene rings is 1. The number of rotatable bonds is 7. The van der Waals surface area contributed by atoms with Crippen LogP contribution in [-0.4, -0.2) is 67.4 Å². The van der Waals surface area contributed by atoms with Crippen LogP contribution in [-0.2, 0) is 14.2 Å². The van der Waals surface area contributed by atoms with Crippen molar-refractivity contribution in [1.29, 1.82) is 0 Å². The van der Waals surface area contributed by atoms with E-state index in [4.69, 9.17) is 26.4 Å². The minimum Gasteiger partial charge on any atom is -0.462 e. The van der Waals surface area contributed by atoms with Gasteiger partial charge < -0.3 is 29.7 Å². The van der Waals surface area contributed by atoms with Gasteiger partial charge in [-0.25, -0.2) is 9.59 Å². The van der Waals surface area contributed by atoms with E-state index in [2.05, 4.69) is 10.6 Å². The molecule has 182 valence electrons. The second-order valence-electron chi connectivity index (χ2n) is 7.26. The number of ether oxygens (including phenoxy) is 3. The van der Waals surface area contributed by atoms with Crippen LogP contribution in [0.15, 0.2) is 24.3 Å². The fourth-order valence-corrected chi connectivity index (χ4v) is 4.73. The molecule has 0 bridgehead atoms. The van der Waals surface area contributed by atoms with Crippen LogP contribution in [0.5, 0.6) is 0 Å². The lowest BCUT2D eigenvalue weighted by molar-refractivity contribution is 0.0303. The van der Waals surface area contributed by atoms with Crippen LogP contribution in [0, 0.1) is 6.92 Å². The summed E-state index contributed by atoms with van der Waals surface area (Å²) in [6.07, 6.45) is 0. The first-order valence-electron chi connectivity index (χ1n) is 10.9. The Hall–Kier alpha value is -3.02. The Bertz CT molecular complexity index is 1060. The van der Waals surface area contributed by atoms with Crippen molar-refractivity contribution in [3.8, 4) is 0 Å². The number of nitrogens with one attached hydrogen (secondary N) is 2. The van der Waals surface area contributed by atoms with E-state index in [0.717, 1.165) is 11.3 Å². The molecule has 11 heteroatoms. The van der Waals surface area contributed by atoms with Crippen LogP contribution in [0.2, 0.25) is 0 Å². The Morgan fingerprint density at radius 3 is 2.26 bits per heavy atom. The molecule has 1 amide bonds. The fraction of sp³-hybridized carbons (Fsp3) is 0.391. The van der Waals surface area contributed by atoms with Gasteiger partial charge in [-0.3, -0.25) is 4.79 Å². The van der Waals surface area contributed by atoms with E-state index in [9.17, 15) is 14.4 Å². The van der Waals surface area contributed by atoms with E-state index in [0.29, 0.717) is 53.0 Å². The van der Waals surface area contributed by atoms with Gasteiger partial charge in [0.1, 0.15) is 9.88 Å². The number of carbonyl (C=O) groups is 3. The summed E-state index contributed by atoms with van der Waals surface area (Å²) < 4.78 is 15.5. The summed E-state index contributed by atoms with van der Waals surface area (Å²) in [5, 5.41) is 6.62. The van der Waals surface area contributed by atoms with Crippen LogP contribution in [0.1, 0.15) is 49.8 Å². The predicted molar refractivity (Wildman–Crippen MR) is 134 cm³/mol. The largest absolute Gasteiger partial charge is 0.462 e. The lowest BCUT2D eigenvalue weighted by Crippen LogP contribution is -2.40. The molecule has 34 heavy (non-hydrogen) atoms. The lowest BCUT2D eigenvalue weighted by atomic mass is 10.1. The third-order valence-electron chi connectivity index (χ3n) is 5.00. The van der Waals surface area contributed by atoms with Crippen molar-refractivity contribution < 1.29 is 28.6 Å². The number of hydrogen-bond acceptors (Lipinski definition) is 8. The zero-order valence-electron chi connectivity index (χ0n) is 19.3. The first kappa shape index (κ1) is 25.6. The van der Waals surface area contributed by atoms with Crippen LogP contribution < -0.4 is 10.6 Å². The molecule has 3 rings (SSSR count). The van der Waals surface area contributed by atoms with Crippen LogP contribution >= 0.6 is 23.6 Å². The molecule has 0 spiro atoms. The van der Waals surface area contributed by atoms with E-state index >= 15 is 0 Å². The summed E-state index contributed by atoms with van der Waals surface area (Å²) in [6.45, 7) is 7.73. The van der Waals surface area contributed by atoms with Crippen molar-refractivity contribution in [2.75, 3.05) is 50.2 Å². The maximum absolute atomic E-state index is 12.6. The van der Waals surface area contributed by atoms with Crippen LogP contribution in [0.25, 0.3) is 0 Å². The molecule has 2 aromatic rings. The highest BCUT2D eigenvalue weighted by molar-refractivity contribution is 7.80. The topological polar surface area (TPSA) is 106 Å². The number of morpholine rings is 1. The third kappa shape index (κ3) is 6.10. The summed E-state index contributed by atoms with van der Waals surface area (Å²) in [4.78, 5) is 39.5. The van der Waals surface area contributed by atoms with Gasteiger partial charge in [-0.15, -0.1) is 11.3 Å². The van der Waals surface area contributed by atoms with Crippen molar-refractivity contribution in [2.45, 2.75) is 20.8 Å². The molecule has 1 aromatic carbocycles. The zero-order chi connectivity index (χ0) is 24.7. The van der Waals surface area contributed by atoms with E-state index in [1.807, 2.05) is 0 Å². The minimum absolute atomic E-state index is 0.0461. The molecule has 1 saturated heterocycles. The quantitative estimate of drug-likeness (QED) is 0.430. The average molecular weight is 506 g/mol. The van der Waals surface area contributed by atoms with Gasteiger partial charge in [-0.2, -0.15) is 0 Å². The number of anilines is 2. The molecule has 2 heterocycles. The maximum atomic E-state index is 12.6. The standard InChI is InChI=1S/C23H27N3O6S2/c1-4-31-21(28)17-14(3)18(22(29)32-5-2)34-19(17)25-23(33)24-16-8-6-15(7-9-16)20(27)26-10-12-30-13-11-26/h6-9H,4-5,10-13H2,1-3H3,(H2,24,25,33). The summed E-state index contributed by atoms with van der Waals surface area (Å²) in [7, 11) is 0. The molecular weight excluding hydrogens is 478 g/mol. The number of amides is 1. The monoisotopic (exact) mass is 505 g/mol. The second kappa shape index (κ2) is 11.9. The third-order valence-corrected chi connectivity index (χ3v) is 6.39. The van der Waals surface area contributed by atoms with Gasteiger partial charge >= 0.3 is 11.9 Å². The number of nitrogens with zero attached hydrogens (tertiary/aromatic N) is 1. The Kier molecular flexibility index (Phi) is 8.97. The molecule has 1 aliphatic heterocycles. The summed E-state index contributed by atoms with van der Waals surface area (Å²) >= 11 is 6.49. The molecule has 0 atom stereocenters. The highest BCUT2D eigenvalue weighted by Crippen LogP contribution is 2.34. The lowest BCUT2D eigenvalue weighted by Gasteiger charge is -2.26. The Labute approximate surface area is 207 Å². The first-order valence-corrected chi connectivity index (χ1v) is 12.1. The summed E-state index contributed by atoms with van der Waals surface area (Å²) in [5.74, 6) is -1.11. The smallest absolute Gasteiger partial charge is 0.348 e. The van der Waals surface area contributed by atoms with Crippen LogP contribution in [0.4, 0.5) is 10.7 Å². The number of hydrogen-bond donors (Lipinski definition) is 2. The van der Waals surface area contributed by atoms with E-state index in [1.165, 1.54) is 0 Å². The van der Waals surface area contributed by atoms with Gasteiger partial charge in [0.15, 0.2) is 5.11 Å². The van der Waals surface area contributed by atoms with Gasteiger partial charge in [0.05, 0.1) is 32.0 Å². The van der Waals surface area contributed by atoms with Gasteiger partial charge in [-0.05, 0) is 62.8 Å². The van der Waals surface area contributed by atoms with Gasteiger partial charge in [0.2, 0.25) is 0 Å². The maximum Gasteiger partial charge on any atom is 0.348 e. The molecular formula is C23H27N3O6S2. The molecule has 0 radical (unpaired) electrons. The summed E-state index contributed by atoms with van der Waals surface area (Å²) in [6, 6.07) is 6.94. The molecule has 1 aliphatic rings. The van der Waals surface area contributed by atoms with Gasteiger partial charge in [0.25, 0.3) is 5.91 Å². The van der Waals surface area contributed by atoms with Crippen molar-refractivity contribution in [3.05, 3.63) is 45.8 Å². The molecule has 2 N–H and O–H groups in total. The second-order valence-corrected chi connectivity index (χ2v) is 8.69. The predicted octanol–water partition coefficient (Wildman–Crippen LogP) is 3.69. The summed E-state index contributed by atoms with van der Waals surface area (Å²) in [5.41, 5.74) is 1.94. The highest BCUT2D eigenvalue weighted by Gasteiger charge is 2.27. The first-order chi connectivity index (χ1) is 16.3. The number of thiocarbonyl (C=S) groups is 1. The van der Waals surface area contributed by atoms with Crippen molar-refractivity contribution >= 4 is 57.2 Å². The Morgan fingerprint density at radius 2 is 1.65 bits per heavy atom. The van der Waals surface area contributed by atoms with Crippen molar-refractivity contribution in [3.63, 3.8) is 0 Å². The molecule has 9 nitrogen and oxygen atoms in total. The van der Waals surface area contributed by atoms with Crippen molar-refractivity contribution in [2.24, 2.45) is 0 Å². The molecule has 0 unspecified atom stereocenters. The average Bonchev–Trinajstić information content (AvgIpc) is 3.15. The minimum atomic E-state index is -0.553. The van der Waals surface area contributed by atoms with Crippen molar-refractivity contribution in [1.82, 2.24) is 4.90 Å².